The number of benzene rings is 1. The maximum absolute atomic E-state index is 12.3. The Morgan fingerprint density at radius 3 is 2.41 bits per heavy atom. The average Bonchev–Trinajstić information content (AvgIpc) is 2.86. The molecule has 0 unspecified atom stereocenters. The van der Waals surface area contributed by atoms with Crippen molar-refractivity contribution >= 4 is 21.4 Å². The summed E-state index contributed by atoms with van der Waals surface area (Å²) >= 11 is 0. The van der Waals surface area contributed by atoms with E-state index in [0.717, 1.165) is 6.26 Å². The van der Waals surface area contributed by atoms with Crippen LogP contribution >= 0.6 is 0 Å². The zero-order valence-electron chi connectivity index (χ0n) is 13.0. The molecule has 0 radical (unpaired) electrons. The van der Waals surface area contributed by atoms with Gasteiger partial charge < -0.3 is 5.32 Å². The quantitative estimate of drug-likeness (QED) is 0.940. The van der Waals surface area contributed by atoms with Crippen LogP contribution in [0.4, 0.5) is 5.69 Å². The van der Waals surface area contributed by atoms with Crippen molar-refractivity contribution in [1.82, 2.24) is 9.78 Å². The molecular weight excluding hydrogens is 302 g/mol. The first-order chi connectivity index (χ1) is 10.1. The Balaban J connectivity index is 2.29. The molecule has 1 N–H and O–H groups in total. The summed E-state index contributed by atoms with van der Waals surface area (Å²) in [6.45, 7) is 5.97. The minimum atomic E-state index is -3.47. The Bertz CT molecular complexity index is 801. The lowest BCUT2D eigenvalue weighted by atomic mass is 10.1. The molecule has 0 saturated carbocycles. The lowest BCUT2D eigenvalue weighted by Crippen LogP contribution is -2.22. The van der Waals surface area contributed by atoms with E-state index in [1.807, 2.05) is 20.8 Å². The third-order valence-electron chi connectivity index (χ3n) is 3.06. The number of anilines is 1. The number of rotatable bonds is 3. The van der Waals surface area contributed by atoms with Gasteiger partial charge in [0, 0.05) is 12.5 Å². The summed E-state index contributed by atoms with van der Waals surface area (Å²) in [7, 11) is -3.47. The van der Waals surface area contributed by atoms with Crippen molar-refractivity contribution < 1.29 is 13.2 Å². The maximum Gasteiger partial charge on any atom is 0.257 e. The lowest BCUT2D eigenvalue weighted by Gasteiger charge is -2.18. The summed E-state index contributed by atoms with van der Waals surface area (Å²) in [5.41, 5.74) is 0.435. The SMILES string of the molecule is CC(C)(C)n1cc(NC(=O)c2ccccc2S(C)(=O)=O)cn1. The summed E-state index contributed by atoms with van der Waals surface area (Å²) in [6.07, 6.45) is 4.32. The minimum absolute atomic E-state index is 0.00992. The van der Waals surface area contributed by atoms with E-state index in [2.05, 4.69) is 10.4 Å². The van der Waals surface area contributed by atoms with Gasteiger partial charge >= 0.3 is 0 Å². The fourth-order valence-electron chi connectivity index (χ4n) is 1.93. The summed E-state index contributed by atoms with van der Waals surface area (Å²) in [6, 6.07) is 6.12. The number of aromatic nitrogens is 2. The van der Waals surface area contributed by atoms with Crippen LogP contribution in [0.1, 0.15) is 31.1 Å². The van der Waals surface area contributed by atoms with Crippen molar-refractivity contribution in [2.45, 2.75) is 31.2 Å². The smallest absolute Gasteiger partial charge is 0.257 e. The normalized spacial score (nSPS) is 12.2. The van der Waals surface area contributed by atoms with Gasteiger partial charge in [-0.15, -0.1) is 0 Å². The standard InChI is InChI=1S/C15H19N3O3S/c1-15(2,3)18-10-11(9-16-18)17-14(19)12-7-5-6-8-13(12)22(4,20)21/h5-10H,1-4H3,(H,17,19). The van der Waals surface area contributed by atoms with Crippen molar-refractivity contribution in [3.8, 4) is 0 Å². The van der Waals surface area contributed by atoms with Crippen molar-refractivity contribution in [3.05, 3.63) is 42.2 Å². The van der Waals surface area contributed by atoms with Crippen LogP contribution in [0.5, 0.6) is 0 Å². The van der Waals surface area contributed by atoms with Crippen LogP contribution in [0, 0.1) is 0 Å². The van der Waals surface area contributed by atoms with E-state index >= 15 is 0 Å². The van der Waals surface area contributed by atoms with Gasteiger partial charge in [-0.25, -0.2) is 8.42 Å². The van der Waals surface area contributed by atoms with Gasteiger partial charge in [0.05, 0.1) is 27.9 Å². The summed E-state index contributed by atoms with van der Waals surface area (Å²) in [4.78, 5) is 12.3. The molecule has 1 heterocycles. The molecule has 0 bridgehead atoms. The van der Waals surface area contributed by atoms with Gasteiger partial charge in [-0.1, -0.05) is 12.1 Å². The van der Waals surface area contributed by atoms with E-state index < -0.39 is 15.7 Å². The first-order valence-electron chi connectivity index (χ1n) is 6.74. The number of carbonyl (C=O) groups is 1. The topological polar surface area (TPSA) is 81.1 Å². The Morgan fingerprint density at radius 2 is 1.86 bits per heavy atom. The van der Waals surface area contributed by atoms with Crippen LogP contribution in [0.15, 0.2) is 41.6 Å². The van der Waals surface area contributed by atoms with Crippen LogP contribution in [0.2, 0.25) is 0 Å². The van der Waals surface area contributed by atoms with Crippen LogP contribution in [-0.4, -0.2) is 30.4 Å². The van der Waals surface area contributed by atoms with Crippen LogP contribution in [-0.2, 0) is 15.4 Å². The molecule has 0 aliphatic heterocycles. The maximum atomic E-state index is 12.3. The third kappa shape index (κ3) is 3.54. The van der Waals surface area contributed by atoms with E-state index in [4.69, 9.17) is 0 Å². The first kappa shape index (κ1) is 16.2. The van der Waals surface area contributed by atoms with Gasteiger partial charge in [-0.3, -0.25) is 9.48 Å². The molecule has 0 spiro atoms. The van der Waals surface area contributed by atoms with Gasteiger partial charge in [0.15, 0.2) is 9.84 Å². The Labute approximate surface area is 130 Å². The number of nitrogens with zero attached hydrogens (tertiary/aromatic N) is 2. The number of carbonyl (C=O) groups excluding carboxylic acids is 1. The molecule has 0 aliphatic carbocycles. The highest BCUT2D eigenvalue weighted by Crippen LogP contribution is 2.19. The summed E-state index contributed by atoms with van der Waals surface area (Å²) in [5, 5.41) is 6.87. The molecular formula is C15H19N3O3S. The van der Waals surface area contributed by atoms with Crippen LogP contribution < -0.4 is 5.32 Å². The molecule has 1 amide bonds. The van der Waals surface area contributed by atoms with Gasteiger partial charge in [0.25, 0.3) is 5.91 Å². The molecule has 0 atom stereocenters. The van der Waals surface area contributed by atoms with E-state index in [-0.39, 0.29) is 16.0 Å². The Hall–Kier alpha value is -2.15. The van der Waals surface area contributed by atoms with Crippen molar-refractivity contribution in [2.24, 2.45) is 0 Å². The number of nitrogens with one attached hydrogen (secondary N) is 1. The molecule has 2 rings (SSSR count). The molecule has 2 aromatic rings. The van der Waals surface area contributed by atoms with Crippen LogP contribution in [0.3, 0.4) is 0 Å². The average molecular weight is 321 g/mol. The van der Waals surface area contributed by atoms with Gasteiger partial charge in [-0.2, -0.15) is 5.10 Å². The summed E-state index contributed by atoms with van der Waals surface area (Å²) in [5.74, 6) is -0.477. The first-order valence-corrected chi connectivity index (χ1v) is 8.64. The molecule has 6 nitrogen and oxygen atoms in total. The second-order valence-corrected chi connectivity index (χ2v) is 8.05. The third-order valence-corrected chi connectivity index (χ3v) is 4.21. The van der Waals surface area contributed by atoms with Crippen molar-refractivity contribution in [1.29, 1.82) is 0 Å². The summed E-state index contributed by atoms with van der Waals surface area (Å²) < 4.78 is 25.2. The molecule has 1 aromatic carbocycles. The molecule has 7 heteroatoms. The number of hydrogen-bond donors (Lipinski definition) is 1. The molecule has 0 saturated heterocycles. The molecule has 1 aromatic heterocycles. The molecule has 118 valence electrons. The Morgan fingerprint density at radius 1 is 1.23 bits per heavy atom. The lowest BCUT2D eigenvalue weighted by molar-refractivity contribution is 0.102. The zero-order valence-corrected chi connectivity index (χ0v) is 13.8. The number of hydrogen-bond acceptors (Lipinski definition) is 4. The van der Waals surface area contributed by atoms with Gasteiger partial charge in [-0.05, 0) is 32.9 Å². The fraction of sp³-hybridized carbons (Fsp3) is 0.333. The molecule has 0 aliphatic rings. The largest absolute Gasteiger partial charge is 0.319 e. The van der Waals surface area contributed by atoms with Crippen molar-refractivity contribution in [3.63, 3.8) is 0 Å². The van der Waals surface area contributed by atoms with E-state index in [9.17, 15) is 13.2 Å². The molecule has 22 heavy (non-hydrogen) atoms. The van der Waals surface area contributed by atoms with E-state index in [1.165, 1.54) is 18.3 Å². The zero-order chi connectivity index (χ0) is 16.5. The highest BCUT2D eigenvalue weighted by atomic mass is 32.2. The predicted octanol–water partition coefficient (Wildman–Crippen LogP) is 2.29. The van der Waals surface area contributed by atoms with E-state index in [1.54, 1.807) is 23.0 Å². The van der Waals surface area contributed by atoms with Crippen LogP contribution in [0.25, 0.3) is 0 Å². The van der Waals surface area contributed by atoms with Gasteiger partial charge in [0.2, 0.25) is 0 Å². The van der Waals surface area contributed by atoms with E-state index in [0.29, 0.717) is 5.69 Å². The monoisotopic (exact) mass is 321 g/mol. The second-order valence-electron chi connectivity index (χ2n) is 6.07. The van der Waals surface area contributed by atoms with Crippen molar-refractivity contribution in [2.75, 3.05) is 11.6 Å². The highest BCUT2D eigenvalue weighted by molar-refractivity contribution is 7.90. The molecule has 0 fully saturated rings. The predicted molar refractivity (Wildman–Crippen MR) is 84.7 cm³/mol. The number of sulfone groups is 1. The minimum Gasteiger partial charge on any atom is -0.319 e. The second kappa shape index (κ2) is 5.57. The Kier molecular flexibility index (Phi) is 4.10. The van der Waals surface area contributed by atoms with Gasteiger partial charge in [0.1, 0.15) is 0 Å². The highest BCUT2D eigenvalue weighted by Gasteiger charge is 2.19. The number of amides is 1. The fourth-order valence-corrected chi connectivity index (χ4v) is 2.82.